The van der Waals surface area contributed by atoms with Gasteiger partial charge in [-0.05, 0) is 6.42 Å². The molecule has 0 atom stereocenters. The molecule has 0 aliphatic rings. The number of hydrogen-bond acceptors (Lipinski definition) is 5. The van der Waals surface area contributed by atoms with Crippen LogP contribution in [0.3, 0.4) is 0 Å². The Bertz CT molecular complexity index is 517. The van der Waals surface area contributed by atoms with Crippen molar-refractivity contribution in [1.82, 2.24) is 9.55 Å². The molecule has 4 N–H and O–H groups in total. The van der Waals surface area contributed by atoms with Gasteiger partial charge >= 0.3 is 20.8 Å². The van der Waals surface area contributed by atoms with Crippen molar-refractivity contribution in [1.29, 1.82) is 0 Å². The Labute approximate surface area is 117 Å². The second kappa shape index (κ2) is 9.79. The summed E-state index contributed by atoms with van der Waals surface area (Å²) in [5.74, 6) is 1.20. The average Bonchev–Trinajstić information content (AvgIpc) is 2.55. The zero-order chi connectivity index (χ0) is 16.4. The van der Waals surface area contributed by atoms with Crippen LogP contribution in [0.5, 0.6) is 0 Å². The maximum atomic E-state index is 8.74. The lowest BCUT2D eigenvalue weighted by Crippen LogP contribution is -1.96. The highest BCUT2D eigenvalue weighted by Crippen LogP contribution is 2.00. The first-order valence-corrected chi connectivity index (χ1v) is 8.00. The Kier molecular flexibility index (Phi) is 10.4. The van der Waals surface area contributed by atoms with Gasteiger partial charge in [-0.2, -0.15) is 16.8 Å². The van der Waals surface area contributed by atoms with E-state index in [1.54, 1.807) is 0 Å². The molecule has 0 radical (unpaired) electrons. The van der Waals surface area contributed by atoms with Gasteiger partial charge in [0.15, 0.2) is 0 Å². The number of unbranched alkanes of at least 4 members (excludes halogenated alkanes) is 1. The van der Waals surface area contributed by atoms with Crippen LogP contribution in [0.4, 0.5) is 0 Å². The Hall–Kier alpha value is -1.05. The molecule has 0 saturated carbocycles. The van der Waals surface area contributed by atoms with E-state index in [0.717, 1.165) is 6.42 Å². The minimum atomic E-state index is -4.67. The van der Waals surface area contributed by atoms with Crippen molar-refractivity contribution in [3.05, 3.63) is 18.2 Å². The molecule has 0 spiro atoms. The monoisotopic (exact) mass is 334 g/mol. The maximum absolute atomic E-state index is 8.74. The minimum absolute atomic E-state index is 1.11. The molecule has 1 aromatic heterocycles. The van der Waals surface area contributed by atoms with Gasteiger partial charge in [-0.3, -0.25) is 18.2 Å². The van der Waals surface area contributed by atoms with Crippen molar-refractivity contribution in [3.8, 4) is 0 Å². The van der Waals surface area contributed by atoms with E-state index in [9.17, 15) is 0 Å². The molecule has 1 aromatic rings. The van der Waals surface area contributed by atoms with E-state index in [0.29, 0.717) is 0 Å². The molecule has 1 rings (SSSR count). The van der Waals surface area contributed by atoms with E-state index in [1.165, 1.54) is 18.7 Å². The molecule has 0 saturated heterocycles. The lowest BCUT2D eigenvalue weighted by molar-refractivity contribution is 0.378. The van der Waals surface area contributed by atoms with Gasteiger partial charge in [0.25, 0.3) is 0 Å². The first-order chi connectivity index (χ1) is 8.84. The van der Waals surface area contributed by atoms with Crippen LogP contribution in [0.25, 0.3) is 0 Å². The van der Waals surface area contributed by atoms with Crippen molar-refractivity contribution < 1.29 is 35.0 Å². The van der Waals surface area contributed by atoms with E-state index >= 15 is 0 Å². The third kappa shape index (κ3) is 25.7. The third-order valence-electron chi connectivity index (χ3n) is 1.67. The van der Waals surface area contributed by atoms with Crippen LogP contribution >= 0.6 is 0 Å². The summed E-state index contributed by atoms with van der Waals surface area (Å²) in [6.07, 6.45) is 7.44. The quantitative estimate of drug-likeness (QED) is 0.574. The molecule has 10 nitrogen and oxygen atoms in total. The lowest BCUT2D eigenvalue weighted by atomic mass is 10.2. The first kappa shape index (κ1) is 21.3. The summed E-state index contributed by atoms with van der Waals surface area (Å²) in [6.45, 7) is 2.20. The number of imidazole rings is 1. The highest BCUT2D eigenvalue weighted by molar-refractivity contribution is 7.80. The standard InChI is InChI=1S/C8H14N2.2H2O4S/c1-3-4-5-8-9-6-7-10(8)2;2*1-5(2,3)4/h6-7H,3-5H2,1-2H3;2*(H2,1,2,3,4). The normalized spacial score (nSPS) is 10.9. The Morgan fingerprint density at radius 2 is 1.50 bits per heavy atom. The number of hydrogen-bond donors (Lipinski definition) is 4. The molecule has 0 aromatic carbocycles. The number of rotatable bonds is 3. The van der Waals surface area contributed by atoms with Crippen molar-refractivity contribution in [2.75, 3.05) is 0 Å². The number of nitrogens with zero attached hydrogens (tertiary/aromatic N) is 2. The summed E-state index contributed by atoms with van der Waals surface area (Å²) in [5, 5.41) is 0. The van der Waals surface area contributed by atoms with E-state index < -0.39 is 20.8 Å². The molecule has 0 unspecified atom stereocenters. The third-order valence-corrected chi connectivity index (χ3v) is 1.67. The molecular formula is C8H18N2O8S2. The van der Waals surface area contributed by atoms with Crippen molar-refractivity contribution >= 4 is 20.8 Å². The van der Waals surface area contributed by atoms with Gasteiger partial charge in [0.2, 0.25) is 0 Å². The Morgan fingerprint density at radius 3 is 1.75 bits per heavy atom. The van der Waals surface area contributed by atoms with Crippen molar-refractivity contribution in [2.45, 2.75) is 26.2 Å². The smallest absolute Gasteiger partial charge is 0.338 e. The fourth-order valence-corrected chi connectivity index (χ4v) is 0.972. The zero-order valence-electron chi connectivity index (χ0n) is 10.9. The predicted molar refractivity (Wildman–Crippen MR) is 70.2 cm³/mol. The van der Waals surface area contributed by atoms with Gasteiger partial charge in [0.1, 0.15) is 5.82 Å². The largest absolute Gasteiger partial charge is 0.394 e. The van der Waals surface area contributed by atoms with Crippen LogP contribution in [0.2, 0.25) is 0 Å². The van der Waals surface area contributed by atoms with E-state index in [2.05, 4.69) is 16.5 Å². The Morgan fingerprint density at radius 1 is 1.10 bits per heavy atom. The second-order valence-corrected chi connectivity index (χ2v) is 5.24. The number of aryl methyl sites for hydroxylation is 2. The SMILES string of the molecule is CCCCc1nccn1C.O=S(=O)(O)O.O=S(=O)(O)O. The summed E-state index contributed by atoms with van der Waals surface area (Å²) in [4.78, 5) is 4.22. The van der Waals surface area contributed by atoms with Gasteiger partial charge in [0, 0.05) is 25.9 Å². The molecule has 120 valence electrons. The summed E-state index contributed by atoms with van der Waals surface area (Å²) >= 11 is 0. The fraction of sp³-hybridized carbons (Fsp3) is 0.625. The van der Waals surface area contributed by atoms with Crippen LogP contribution in [0.15, 0.2) is 12.4 Å². The van der Waals surface area contributed by atoms with Crippen LogP contribution in [-0.4, -0.2) is 44.6 Å². The van der Waals surface area contributed by atoms with Gasteiger partial charge in [0.05, 0.1) is 0 Å². The van der Waals surface area contributed by atoms with Gasteiger partial charge in [-0.1, -0.05) is 13.3 Å². The topological polar surface area (TPSA) is 167 Å². The van der Waals surface area contributed by atoms with Crippen LogP contribution in [0.1, 0.15) is 25.6 Å². The predicted octanol–water partition coefficient (Wildman–Crippen LogP) is 0.457. The van der Waals surface area contributed by atoms with Crippen LogP contribution in [-0.2, 0) is 34.3 Å². The van der Waals surface area contributed by atoms with Gasteiger partial charge in [-0.25, -0.2) is 4.98 Å². The maximum Gasteiger partial charge on any atom is 0.394 e. The molecule has 0 fully saturated rings. The lowest BCUT2D eigenvalue weighted by Gasteiger charge is -1.97. The summed E-state index contributed by atoms with van der Waals surface area (Å²) in [6, 6.07) is 0. The first-order valence-electron chi connectivity index (χ1n) is 5.20. The molecule has 0 aliphatic heterocycles. The van der Waals surface area contributed by atoms with E-state index in [-0.39, 0.29) is 0 Å². The highest BCUT2D eigenvalue weighted by atomic mass is 32.3. The Balaban J connectivity index is 0. The molecular weight excluding hydrogens is 316 g/mol. The molecule has 0 aliphatic carbocycles. The summed E-state index contributed by atoms with van der Waals surface area (Å²) < 4.78 is 65.2. The van der Waals surface area contributed by atoms with Gasteiger partial charge in [-0.15, -0.1) is 0 Å². The molecule has 0 bridgehead atoms. The van der Waals surface area contributed by atoms with Crippen molar-refractivity contribution in [2.24, 2.45) is 7.05 Å². The fourth-order valence-electron chi connectivity index (χ4n) is 0.972. The van der Waals surface area contributed by atoms with E-state index in [4.69, 9.17) is 35.0 Å². The van der Waals surface area contributed by atoms with Crippen LogP contribution in [0, 0.1) is 0 Å². The molecule has 0 amide bonds. The van der Waals surface area contributed by atoms with Crippen molar-refractivity contribution in [3.63, 3.8) is 0 Å². The molecule has 20 heavy (non-hydrogen) atoms. The average molecular weight is 334 g/mol. The minimum Gasteiger partial charge on any atom is -0.338 e. The van der Waals surface area contributed by atoms with Crippen LogP contribution < -0.4 is 0 Å². The highest BCUT2D eigenvalue weighted by Gasteiger charge is 1.95. The molecule has 1 heterocycles. The number of aromatic nitrogens is 2. The molecule has 12 heteroatoms. The van der Waals surface area contributed by atoms with Gasteiger partial charge < -0.3 is 4.57 Å². The summed E-state index contributed by atoms with van der Waals surface area (Å²) in [5.41, 5.74) is 0. The zero-order valence-corrected chi connectivity index (χ0v) is 12.5. The second-order valence-electron chi connectivity index (χ2n) is 3.45. The summed E-state index contributed by atoms with van der Waals surface area (Å²) in [7, 11) is -7.29. The van der Waals surface area contributed by atoms with E-state index in [1.807, 2.05) is 19.4 Å².